The van der Waals surface area contributed by atoms with Crippen LogP contribution >= 0.6 is 0 Å². The minimum Gasteiger partial charge on any atom is -0.465 e. The average Bonchev–Trinajstić information content (AvgIpc) is 3.95. The van der Waals surface area contributed by atoms with Crippen LogP contribution in [0.2, 0.25) is 0 Å². The molecular weight excluding hydrogens is 718 g/mol. The van der Waals surface area contributed by atoms with Crippen molar-refractivity contribution in [1.29, 1.82) is 0 Å². The number of fused-ring (bicyclic) bond motifs is 3. The van der Waals surface area contributed by atoms with Crippen molar-refractivity contribution in [2.75, 3.05) is 23.7 Å². The third kappa shape index (κ3) is 7.56. The SMILES string of the molecule is Cn1c2cc(NC(=O)[C@@H]3CCCN3C(=O)C(NC(=O)O)c3ccccc3)ccc2c2ccc(NC(=O)[C@@H]3CCCN3C(=O)C(NC(=O)O)c3ccccc3)cc21. The quantitative estimate of drug-likeness (QED) is 0.111. The van der Waals surface area contributed by atoms with Crippen LogP contribution < -0.4 is 21.3 Å². The summed E-state index contributed by atoms with van der Waals surface area (Å²) >= 11 is 0. The van der Waals surface area contributed by atoms with Crippen molar-refractivity contribution in [2.45, 2.75) is 49.9 Å². The molecule has 3 heterocycles. The molecule has 6 N–H and O–H groups in total. The van der Waals surface area contributed by atoms with Crippen molar-refractivity contribution < 1.29 is 39.0 Å². The van der Waals surface area contributed by atoms with Gasteiger partial charge in [0.15, 0.2) is 0 Å². The predicted molar refractivity (Wildman–Crippen MR) is 208 cm³/mol. The van der Waals surface area contributed by atoms with E-state index in [1.54, 1.807) is 72.8 Å². The molecule has 0 bridgehead atoms. The second-order valence-electron chi connectivity index (χ2n) is 14.0. The zero-order valence-corrected chi connectivity index (χ0v) is 30.5. The molecule has 2 saturated heterocycles. The second kappa shape index (κ2) is 15.8. The number of rotatable bonds is 10. The summed E-state index contributed by atoms with van der Waals surface area (Å²) in [6.45, 7) is 0.627. The lowest BCUT2D eigenvalue weighted by Gasteiger charge is -2.28. The number of aryl methyl sites for hydroxylation is 1. The lowest BCUT2D eigenvalue weighted by atomic mass is 10.0. The molecular formula is C41H41N7O8. The number of benzene rings is 4. The first-order chi connectivity index (χ1) is 27.0. The van der Waals surface area contributed by atoms with Crippen LogP contribution in [-0.4, -0.2) is 85.6 Å². The molecule has 0 radical (unpaired) electrons. The lowest BCUT2D eigenvalue weighted by molar-refractivity contribution is -0.138. The molecule has 0 spiro atoms. The standard InChI is InChI=1S/C41H41N7O8/c1-46-32-22-26(42-36(49)30-14-8-20-47(30)38(51)34(44-40(53)54)24-10-4-2-5-11-24)16-18-28(32)29-19-17-27(23-33(29)46)43-37(50)31-15-9-21-48(31)39(52)35(45-41(55)56)25-12-6-3-7-13-25/h2-7,10-13,16-19,22-23,30-31,34-35,44-45H,8-9,14-15,20-21H2,1H3,(H,42,49)(H,43,50)(H,53,54)(H,55,56)/t30-,31-,34?,35?/m0/s1. The van der Waals surface area contributed by atoms with Gasteiger partial charge in [-0.05, 0) is 61.1 Å². The number of nitrogens with one attached hydrogen (secondary N) is 4. The Labute approximate surface area is 321 Å². The zero-order chi connectivity index (χ0) is 39.5. The number of hydrogen-bond donors (Lipinski definition) is 6. The maximum Gasteiger partial charge on any atom is 0.405 e. The molecule has 0 saturated carbocycles. The molecule has 1 aromatic heterocycles. The average molecular weight is 760 g/mol. The maximum atomic E-state index is 13.6. The lowest BCUT2D eigenvalue weighted by Crippen LogP contribution is -2.48. The Balaban J connectivity index is 1.06. The number of likely N-dealkylation sites (tertiary alicyclic amines) is 2. The molecule has 2 aliphatic rings. The Morgan fingerprint density at radius 2 is 0.982 bits per heavy atom. The molecule has 2 unspecified atom stereocenters. The summed E-state index contributed by atoms with van der Waals surface area (Å²) < 4.78 is 1.94. The zero-order valence-electron chi connectivity index (χ0n) is 30.5. The third-order valence-electron chi connectivity index (χ3n) is 10.5. The van der Waals surface area contributed by atoms with E-state index in [1.807, 2.05) is 35.9 Å². The molecule has 15 heteroatoms. The number of carbonyl (C=O) groups excluding carboxylic acids is 4. The summed E-state index contributed by atoms with van der Waals surface area (Å²) in [4.78, 5) is 80.6. The van der Waals surface area contributed by atoms with E-state index >= 15 is 0 Å². The Morgan fingerprint density at radius 1 is 0.589 bits per heavy atom. The number of anilines is 2. The van der Waals surface area contributed by atoms with E-state index in [-0.39, 0.29) is 11.8 Å². The van der Waals surface area contributed by atoms with E-state index in [0.717, 1.165) is 21.8 Å². The van der Waals surface area contributed by atoms with Crippen LogP contribution in [0, 0.1) is 0 Å². The van der Waals surface area contributed by atoms with Gasteiger partial charge >= 0.3 is 12.2 Å². The Hall–Kier alpha value is -6.90. The Kier molecular flexibility index (Phi) is 10.6. The minimum atomic E-state index is -1.35. The van der Waals surface area contributed by atoms with Crippen LogP contribution in [-0.2, 0) is 26.2 Å². The van der Waals surface area contributed by atoms with Crippen LogP contribution in [0.15, 0.2) is 97.1 Å². The fourth-order valence-corrected chi connectivity index (χ4v) is 7.86. The van der Waals surface area contributed by atoms with Crippen LogP contribution in [0.3, 0.4) is 0 Å². The number of carboxylic acid groups (broad SMARTS) is 2. The van der Waals surface area contributed by atoms with Crippen LogP contribution in [0.5, 0.6) is 0 Å². The largest absolute Gasteiger partial charge is 0.465 e. The molecule has 2 aliphatic heterocycles. The molecule has 288 valence electrons. The van der Waals surface area contributed by atoms with Gasteiger partial charge in [-0.15, -0.1) is 0 Å². The molecule has 7 rings (SSSR count). The van der Waals surface area contributed by atoms with Gasteiger partial charge in [-0.1, -0.05) is 72.8 Å². The van der Waals surface area contributed by atoms with Gasteiger partial charge in [-0.2, -0.15) is 0 Å². The third-order valence-corrected chi connectivity index (χ3v) is 10.5. The summed E-state index contributed by atoms with van der Waals surface area (Å²) in [6.07, 6.45) is -0.660. The number of hydrogen-bond acceptors (Lipinski definition) is 6. The summed E-state index contributed by atoms with van der Waals surface area (Å²) in [5.41, 5.74) is 3.60. The normalized spacial score (nSPS) is 17.7. The highest BCUT2D eigenvalue weighted by atomic mass is 16.4. The van der Waals surface area contributed by atoms with Crippen LogP contribution in [0.4, 0.5) is 21.0 Å². The highest BCUT2D eigenvalue weighted by molar-refractivity contribution is 6.11. The molecule has 6 amide bonds. The molecule has 4 atom stereocenters. The van der Waals surface area contributed by atoms with Gasteiger partial charge < -0.3 is 45.8 Å². The van der Waals surface area contributed by atoms with Crippen molar-refractivity contribution >= 4 is 69.0 Å². The maximum absolute atomic E-state index is 13.6. The number of carbonyl (C=O) groups is 6. The topological polar surface area (TPSA) is 202 Å². The summed E-state index contributed by atoms with van der Waals surface area (Å²) in [7, 11) is 1.87. The summed E-state index contributed by atoms with van der Waals surface area (Å²) in [6, 6.07) is 24.2. The van der Waals surface area contributed by atoms with Crippen molar-refractivity contribution in [1.82, 2.24) is 25.0 Å². The molecule has 56 heavy (non-hydrogen) atoms. The minimum absolute atomic E-state index is 0.313. The number of aromatic nitrogens is 1. The van der Waals surface area contributed by atoms with Gasteiger partial charge in [0, 0.05) is 42.3 Å². The highest BCUT2D eigenvalue weighted by Gasteiger charge is 2.40. The van der Waals surface area contributed by atoms with E-state index in [9.17, 15) is 39.0 Å². The van der Waals surface area contributed by atoms with E-state index in [2.05, 4.69) is 21.3 Å². The summed E-state index contributed by atoms with van der Waals surface area (Å²) in [5.74, 6) is -1.76. The molecule has 0 aliphatic carbocycles. The molecule has 4 aromatic carbocycles. The molecule has 2 fully saturated rings. The second-order valence-corrected chi connectivity index (χ2v) is 14.0. The number of nitrogens with zero attached hydrogens (tertiary/aromatic N) is 3. The summed E-state index contributed by atoms with van der Waals surface area (Å²) in [5, 5.41) is 31.2. The van der Waals surface area contributed by atoms with Crippen LogP contribution in [0.25, 0.3) is 21.8 Å². The van der Waals surface area contributed by atoms with Crippen LogP contribution in [0.1, 0.15) is 48.9 Å². The van der Waals surface area contributed by atoms with Gasteiger partial charge in [0.05, 0.1) is 11.0 Å². The van der Waals surface area contributed by atoms with Crippen molar-refractivity contribution in [2.24, 2.45) is 7.05 Å². The molecule has 15 nitrogen and oxygen atoms in total. The Bertz CT molecular complexity index is 2170. The van der Waals surface area contributed by atoms with E-state index in [4.69, 9.17) is 0 Å². The first kappa shape index (κ1) is 37.4. The van der Waals surface area contributed by atoms with Gasteiger partial charge in [0.2, 0.25) is 11.8 Å². The van der Waals surface area contributed by atoms with Crippen molar-refractivity contribution in [3.63, 3.8) is 0 Å². The monoisotopic (exact) mass is 759 g/mol. The van der Waals surface area contributed by atoms with E-state index in [1.165, 1.54) is 9.80 Å². The highest BCUT2D eigenvalue weighted by Crippen LogP contribution is 2.33. The fourth-order valence-electron chi connectivity index (χ4n) is 7.86. The fraction of sp³-hybridized carbons (Fsp3) is 0.268. The molecule has 5 aromatic rings. The van der Waals surface area contributed by atoms with Gasteiger partial charge in [-0.25, -0.2) is 9.59 Å². The first-order valence-corrected chi connectivity index (χ1v) is 18.3. The predicted octanol–water partition coefficient (Wildman–Crippen LogP) is 5.21. The van der Waals surface area contributed by atoms with E-state index < -0.39 is 48.2 Å². The van der Waals surface area contributed by atoms with Gasteiger partial charge in [0.1, 0.15) is 24.2 Å². The van der Waals surface area contributed by atoms with Gasteiger partial charge in [-0.3, -0.25) is 19.2 Å². The first-order valence-electron chi connectivity index (χ1n) is 18.3. The van der Waals surface area contributed by atoms with Crippen molar-refractivity contribution in [3.05, 3.63) is 108 Å². The van der Waals surface area contributed by atoms with Crippen molar-refractivity contribution in [3.8, 4) is 0 Å². The van der Waals surface area contributed by atoms with E-state index in [0.29, 0.717) is 61.3 Å². The van der Waals surface area contributed by atoms with Gasteiger partial charge in [0.25, 0.3) is 11.8 Å². The number of amides is 6. The Morgan fingerprint density at radius 3 is 1.36 bits per heavy atom. The smallest absolute Gasteiger partial charge is 0.405 e.